The first kappa shape index (κ1) is 13.3. The van der Waals surface area contributed by atoms with Crippen LogP contribution in [0.1, 0.15) is 24.8 Å². The number of rotatable bonds is 4. The fourth-order valence-corrected chi connectivity index (χ4v) is 2.37. The van der Waals surface area contributed by atoms with Crippen molar-refractivity contribution in [3.8, 4) is 0 Å². The molecule has 0 radical (unpaired) electrons. The van der Waals surface area contributed by atoms with E-state index < -0.39 is 0 Å². The van der Waals surface area contributed by atoms with Crippen molar-refractivity contribution in [3.63, 3.8) is 0 Å². The molecule has 1 aromatic rings. The van der Waals surface area contributed by atoms with E-state index in [0.29, 0.717) is 17.0 Å². The zero-order valence-electron chi connectivity index (χ0n) is 9.99. The first-order chi connectivity index (χ1) is 8.54. The number of aliphatic hydroxyl groups is 1. The highest BCUT2D eigenvalue weighted by molar-refractivity contribution is 6.31. The van der Waals surface area contributed by atoms with Crippen molar-refractivity contribution < 1.29 is 14.3 Å². The summed E-state index contributed by atoms with van der Waals surface area (Å²) in [7, 11) is 0. The molecule has 98 valence electrons. The number of nitrogens with one attached hydrogen (secondary N) is 1. The molecule has 0 bridgehead atoms. The monoisotopic (exact) mass is 271 g/mol. The van der Waals surface area contributed by atoms with E-state index in [4.69, 9.17) is 16.7 Å². The molecule has 1 aliphatic rings. The number of amides is 1. The Labute approximate surface area is 110 Å². The molecule has 1 aliphatic carbocycles. The van der Waals surface area contributed by atoms with Crippen molar-refractivity contribution in [2.24, 2.45) is 5.92 Å². The van der Waals surface area contributed by atoms with E-state index in [2.05, 4.69) is 5.32 Å². The molecule has 1 fully saturated rings. The van der Waals surface area contributed by atoms with E-state index in [1.807, 2.05) is 0 Å². The van der Waals surface area contributed by atoms with Crippen LogP contribution in [0.15, 0.2) is 18.2 Å². The second kappa shape index (κ2) is 5.24. The summed E-state index contributed by atoms with van der Waals surface area (Å²) in [6, 6.07) is 4.25. The lowest BCUT2D eigenvalue weighted by molar-refractivity contribution is -0.123. The van der Waals surface area contributed by atoms with Crippen LogP contribution in [0.3, 0.4) is 0 Å². The van der Waals surface area contributed by atoms with Gasteiger partial charge in [-0.05, 0) is 25.5 Å². The Morgan fingerprint density at radius 1 is 1.67 bits per heavy atom. The Morgan fingerprint density at radius 2 is 2.39 bits per heavy atom. The third kappa shape index (κ3) is 2.65. The van der Waals surface area contributed by atoms with Gasteiger partial charge < -0.3 is 10.4 Å². The van der Waals surface area contributed by atoms with Gasteiger partial charge in [-0.3, -0.25) is 4.79 Å². The fraction of sp³-hybridized carbons (Fsp3) is 0.462. The summed E-state index contributed by atoms with van der Waals surface area (Å²) in [5.74, 6) is -0.906. The quantitative estimate of drug-likeness (QED) is 0.881. The molecule has 3 nitrogen and oxygen atoms in total. The Hall–Kier alpha value is -1.13. The van der Waals surface area contributed by atoms with Crippen molar-refractivity contribution in [3.05, 3.63) is 34.6 Å². The standard InChI is InChI=1S/C13H15ClFNO2/c1-7(6-17)16-13(18)9-5-8(9)12-10(14)3-2-4-11(12)15/h2-4,7-9,17H,5-6H2,1H3,(H,16,18). The first-order valence-electron chi connectivity index (χ1n) is 5.89. The molecule has 5 heteroatoms. The second-order valence-corrected chi connectivity index (χ2v) is 5.08. The van der Waals surface area contributed by atoms with E-state index in [1.165, 1.54) is 6.07 Å². The van der Waals surface area contributed by atoms with Gasteiger partial charge in [0.25, 0.3) is 0 Å². The summed E-state index contributed by atoms with van der Waals surface area (Å²) in [4.78, 5) is 11.8. The molecule has 0 heterocycles. The van der Waals surface area contributed by atoms with Gasteiger partial charge in [0.05, 0.1) is 6.61 Å². The van der Waals surface area contributed by atoms with Crippen LogP contribution in [0.25, 0.3) is 0 Å². The number of aliphatic hydroxyl groups excluding tert-OH is 1. The number of hydrogen-bond acceptors (Lipinski definition) is 2. The predicted octanol–water partition coefficient (Wildman–Crippen LogP) is 2.08. The molecule has 2 N–H and O–H groups in total. The number of carbonyl (C=O) groups is 1. The average Bonchev–Trinajstić information content (AvgIpc) is 3.08. The molecule has 1 aromatic carbocycles. The van der Waals surface area contributed by atoms with E-state index in [9.17, 15) is 9.18 Å². The zero-order chi connectivity index (χ0) is 13.3. The average molecular weight is 272 g/mol. The molecule has 0 saturated heterocycles. The van der Waals surface area contributed by atoms with Gasteiger partial charge in [0.15, 0.2) is 0 Å². The molecular weight excluding hydrogens is 257 g/mol. The van der Waals surface area contributed by atoms with Crippen LogP contribution in [-0.4, -0.2) is 23.7 Å². The SMILES string of the molecule is CC(CO)NC(=O)C1CC1c1c(F)cccc1Cl. The predicted molar refractivity (Wildman–Crippen MR) is 66.9 cm³/mol. The van der Waals surface area contributed by atoms with Gasteiger partial charge in [0, 0.05) is 28.5 Å². The molecule has 3 unspecified atom stereocenters. The largest absolute Gasteiger partial charge is 0.394 e. The van der Waals surface area contributed by atoms with Crippen molar-refractivity contribution in [2.75, 3.05) is 6.61 Å². The molecule has 2 rings (SSSR count). The normalized spacial score (nSPS) is 23.6. The number of benzene rings is 1. The minimum absolute atomic E-state index is 0.108. The first-order valence-corrected chi connectivity index (χ1v) is 6.27. The van der Waals surface area contributed by atoms with Crippen LogP contribution in [-0.2, 0) is 4.79 Å². The number of carbonyl (C=O) groups excluding carboxylic acids is 1. The van der Waals surface area contributed by atoms with Gasteiger partial charge in [0.1, 0.15) is 5.82 Å². The van der Waals surface area contributed by atoms with E-state index in [0.717, 1.165) is 0 Å². The summed E-state index contributed by atoms with van der Waals surface area (Å²) in [6.07, 6.45) is 0.602. The summed E-state index contributed by atoms with van der Waals surface area (Å²) in [5.41, 5.74) is 0.427. The van der Waals surface area contributed by atoms with Crippen LogP contribution in [0, 0.1) is 11.7 Å². The summed E-state index contributed by atoms with van der Waals surface area (Å²) < 4.78 is 13.7. The lowest BCUT2D eigenvalue weighted by Gasteiger charge is -2.11. The second-order valence-electron chi connectivity index (χ2n) is 4.68. The molecular formula is C13H15ClFNO2. The number of halogens is 2. The number of hydrogen-bond donors (Lipinski definition) is 2. The van der Waals surface area contributed by atoms with Gasteiger partial charge in [0.2, 0.25) is 5.91 Å². The highest BCUT2D eigenvalue weighted by Crippen LogP contribution is 2.50. The molecule has 0 spiro atoms. The van der Waals surface area contributed by atoms with Gasteiger partial charge in [-0.25, -0.2) is 4.39 Å². The van der Waals surface area contributed by atoms with Gasteiger partial charge in [-0.1, -0.05) is 17.7 Å². The molecule has 1 amide bonds. The lowest BCUT2D eigenvalue weighted by atomic mass is 10.1. The van der Waals surface area contributed by atoms with Crippen LogP contribution in [0.4, 0.5) is 4.39 Å². The smallest absolute Gasteiger partial charge is 0.224 e. The van der Waals surface area contributed by atoms with Crippen LogP contribution >= 0.6 is 11.6 Å². The van der Waals surface area contributed by atoms with Crippen molar-refractivity contribution in [1.82, 2.24) is 5.32 Å². The highest BCUT2D eigenvalue weighted by atomic mass is 35.5. The van der Waals surface area contributed by atoms with Gasteiger partial charge >= 0.3 is 0 Å². The molecule has 18 heavy (non-hydrogen) atoms. The van der Waals surface area contributed by atoms with Crippen molar-refractivity contribution in [1.29, 1.82) is 0 Å². The third-order valence-electron chi connectivity index (χ3n) is 3.16. The van der Waals surface area contributed by atoms with Gasteiger partial charge in [-0.2, -0.15) is 0 Å². The molecule has 3 atom stereocenters. The van der Waals surface area contributed by atoms with Crippen LogP contribution in [0.2, 0.25) is 5.02 Å². The Balaban J connectivity index is 2.05. The summed E-state index contributed by atoms with van der Waals surface area (Å²) in [5, 5.41) is 11.9. The van der Waals surface area contributed by atoms with Gasteiger partial charge in [-0.15, -0.1) is 0 Å². The Kier molecular flexibility index (Phi) is 3.88. The highest BCUT2D eigenvalue weighted by Gasteiger charge is 2.46. The third-order valence-corrected chi connectivity index (χ3v) is 3.49. The van der Waals surface area contributed by atoms with Crippen molar-refractivity contribution in [2.45, 2.75) is 25.3 Å². The topological polar surface area (TPSA) is 49.3 Å². The van der Waals surface area contributed by atoms with Crippen molar-refractivity contribution >= 4 is 17.5 Å². The Morgan fingerprint density at radius 3 is 3.00 bits per heavy atom. The Bertz CT molecular complexity index is 446. The lowest BCUT2D eigenvalue weighted by Crippen LogP contribution is -2.36. The molecule has 0 aromatic heterocycles. The fourth-order valence-electron chi connectivity index (χ4n) is 2.06. The maximum Gasteiger partial charge on any atom is 0.224 e. The maximum atomic E-state index is 13.7. The minimum Gasteiger partial charge on any atom is -0.394 e. The zero-order valence-corrected chi connectivity index (χ0v) is 10.7. The molecule has 1 saturated carbocycles. The summed E-state index contributed by atoms with van der Waals surface area (Å²) >= 11 is 5.96. The van der Waals surface area contributed by atoms with E-state index in [-0.39, 0.29) is 36.2 Å². The van der Waals surface area contributed by atoms with E-state index >= 15 is 0 Å². The maximum absolute atomic E-state index is 13.7. The van der Waals surface area contributed by atoms with Crippen LogP contribution < -0.4 is 5.32 Å². The molecule has 0 aliphatic heterocycles. The summed E-state index contributed by atoms with van der Waals surface area (Å²) in [6.45, 7) is 1.61. The minimum atomic E-state index is -0.363. The van der Waals surface area contributed by atoms with E-state index in [1.54, 1.807) is 19.1 Å². The van der Waals surface area contributed by atoms with Crippen LogP contribution in [0.5, 0.6) is 0 Å².